The first-order valence-corrected chi connectivity index (χ1v) is 4.38. The van der Waals surface area contributed by atoms with E-state index in [9.17, 15) is 18.3 Å². The van der Waals surface area contributed by atoms with Crippen molar-refractivity contribution in [2.75, 3.05) is 0 Å². The zero-order valence-electron chi connectivity index (χ0n) is 6.91. The Kier molecular flexibility index (Phi) is 2.60. The molecule has 0 aliphatic heterocycles. The molecule has 78 valence electrons. The maximum atomic E-state index is 12.4. The Bertz CT molecular complexity index is 206. The molecule has 1 saturated carbocycles. The molecule has 0 bridgehead atoms. The first-order valence-electron chi connectivity index (χ1n) is 3.86. The van der Waals surface area contributed by atoms with Crippen LogP contribution in [0.1, 0.15) is 13.3 Å². The highest BCUT2D eigenvalue weighted by molar-refractivity contribution is 7.81. The SMILES string of the molecule is CC(S)C(O)(C1CC1O)C(F)(F)F. The van der Waals surface area contributed by atoms with Gasteiger partial charge in [-0.15, -0.1) is 0 Å². The van der Waals surface area contributed by atoms with E-state index < -0.39 is 29.0 Å². The third-order valence-corrected chi connectivity index (χ3v) is 2.81. The number of alkyl halides is 3. The van der Waals surface area contributed by atoms with Crippen molar-refractivity contribution in [1.82, 2.24) is 0 Å². The van der Waals surface area contributed by atoms with Crippen molar-refractivity contribution in [1.29, 1.82) is 0 Å². The van der Waals surface area contributed by atoms with Gasteiger partial charge in [-0.05, 0) is 6.42 Å². The standard InChI is InChI=1S/C7H11F3O2S/c1-3(13)6(12,7(8,9)10)4-2-5(4)11/h3-5,11-13H,2H2,1H3. The molecule has 0 spiro atoms. The van der Waals surface area contributed by atoms with Crippen molar-refractivity contribution in [2.45, 2.75) is 36.5 Å². The van der Waals surface area contributed by atoms with Gasteiger partial charge in [0.15, 0.2) is 5.60 Å². The van der Waals surface area contributed by atoms with Crippen LogP contribution < -0.4 is 0 Å². The number of hydrogen-bond donors (Lipinski definition) is 3. The van der Waals surface area contributed by atoms with Gasteiger partial charge in [0.25, 0.3) is 0 Å². The van der Waals surface area contributed by atoms with Crippen LogP contribution in [0, 0.1) is 5.92 Å². The Balaban J connectivity index is 2.89. The highest BCUT2D eigenvalue weighted by Gasteiger charge is 2.67. The molecule has 13 heavy (non-hydrogen) atoms. The summed E-state index contributed by atoms with van der Waals surface area (Å²) in [4.78, 5) is 0. The van der Waals surface area contributed by atoms with Gasteiger partial charge in [-0.2, -0.15) is 25.8 Å². The second-order valence-corrected chi connectivity index (χ2v) is 4.18. The van der Waals surface area contributed by atoms with Gasteiger partial charge in [0.1, 0.15) is 0 Å². The van der Waals surface area contributed by atoms with E-state index in [0.717, 1.165) is 0 Å². The van der Waals surface area contributed by atoms with Crippen LogP contribution in [0.4, 0.5) is 13.2 Å². The summed E-state index contributed by atoms with van der Waals surface area (Å²) in [6.07, 6.45) is -5.81. The van der Waals surface area contributed by atoms with Crippen molar-refractivity contribution in [3.63, 3.8) is 0 Å². The van der Waals surface area contributed by atoms with E-state index in [1.165, 1.54) is 6.92 Å². The summed E-state index contributed by atoms with van der Waals surface area (Å²) in [6, 6.07) is 0. The molecule has 0 aromatic heterocycles. The third kappa shape index (κ3) is 1.67. The van der Waals surface area contributed by atoms with E-state index in [1.54, 1.807) is 0 Å². The lowest BCUT2D eigenvalue weighted by Gasteiger charge is -2.33. The third-order valence-electron chi connectivity index (χ3n) is 2.41. The van der Waals surface area contributed by atoms with E-state index in [2.05, 4.69) is 12.6 Å². The monoisotopic (exact) mass is 216 g/mol. The Morgan fingerprint density at radius 3 is 1.92 bits per heavy atom. The van der Waals surface area contributed by atoms with E-state index in [0.29, 0.717) is 0 Å². The lowest BCUT2D eigenvalue weighted by Crippen LogP contribution is -2.54. The Hall–Kier alpha value is 0.0600. The van der Waals surface area contributed by atoms with Crippen LogP contribution in [0.3, 0.4) is 0 Å². The molecule has 4 atom stereocenters. The Morgan fingerprint density at radius 1 is 1.46 bits per heavy atom. The molecule has 0 amide bonds. The van der Waals surface area contributed by atoms with Gasteiger partial charge in [0.2, 0.25) is 0 Å². The topological polar surface area (TPSA) is 40.5 Å². The summed E-state index contributed by atoms with van der Waals surface area (Å²) in [5.74, 6) is -1.13. The predicted octanol–water partition coefficient (Wildman–Crippen LogP) is 0.979. The van der Waals surface area contributed by atoms with Gasteiger partial charge >= 0.3 is 6.18 Å². The first kappa shape index (κ1) is 11.1. The molecule has 0 radical (unpaired) electrons. The molecule has 0 aromatic carbocycles. The maximum Gasteiger partial charge on any atom is 0.418 e. The van der Waals surface area contributed by atoms with Crippen LogP contribution in [-0.4, -0.2) is 33.3 Å². The minimum Gasteiger partial charge on any atom is -0.393 e. The zero-order valence-corrected chi connectivity index (χ0v) is 7.81. The Morgan fingerprint density at radius 2 is 1.85 bits per heavy atom. The van der Waals surface area contributed by atoms with Gasteiger partial charge in [-0.25, -0.2) is 0 Å². The van der Waals surface area contributed by atoms with Crippen molar-refractivity contribution in [3.05, 3.63) is 0 Å². The van der Waals surface area contributed by atoms with Crippen molar-refractivity contribution in [3.8, 4) is 0 Å². The van der Waals surface area contributed by atoms with Crippen LogP contribution >= 0.6 is 12.6 Å². The van der Waals surface area contributed by atoms with Crippen molar-refractivity contribution >= 4 is 12.6 Å². The zero-order chi connectivity index (χ0) is 10.4. The highest BCUT2D eigenvalue weighted by Crippen LogP contribution is 2.51. The largest absolute Gasteiger partial charge is 0.418 e. The predicted molar refractivity (Wildman–Crippen MR) is 43.6 cm³/mol. The molecule has 1 aliphatic carbocycles. The van der Waals surface area contributed by atoms with Gasteiger partial charge in [-0.1, -0.05) is 6.92 Å². The lowest BCUT2D eigenvalue weighted by molar-refractivity contribution is -0.269. The fourth-order valence-electron chi connectivity index (χ4n) is 1.41. The molecular weight excluding hydrogens is 205 g/mol. The van der Waals surface area contributed by atoms with Crippen LogP contribution in [0.15, 0.2) is 0 Å². The average molecular weight is 216 g/mol. The van der Waals surface area contributed by atoms with Crippen LogP contribution in [0.5, 0.6) is 0 Å². The highest BCUT2D eigenvalue weighted by atomic mass is 32.1. The summed E-state index contributed by atoms with van der Waals surface area (Å²) < 4.78 is 37.2. The summed E-state index contributed by atoms with van der Waals surface area (Å²) in [6.45, 7) is 1.17. The molecule has 0 heterocycles. The molecule has 1 aliphatic rings. The smallest absolute Gasteiger partial charge is 0.393 e. The molecule has 0 aromatic rings. The minimum absolute atomic E-state index is 0.0130. The molecule has 4 unspecified atom stereocenters. The van der Waals surface area contributed by atoms with E-state index in [-0.39, 0.29) is 6.42 Å². The lowest BCUT2D eigenvalue weighted by atomic mass is 9.93. The number of aliphatic hydroxyl groups is 2. The number of hydrogen-bond acceptors (Lipinski definition) is 3. The summed E-state index contributed by atoms with van der Waals surface area (Å²) in [5, 5.41) is 17.0. The van der Waals surface area contributed by atoms with Crippen molar-refractivity contribution < 1.29 is 23.4 Å². The number of aliphatic hydroxyl groups excluding tert-OH is 1. The molecule has 6 heteroatoms. The van der Waals surface area contributed by atoms with E-state index in [4.69, 9.17) is 5.11 Å². The van der Waals surface area contributed by atoms with Gasteiger partial charge < -0.3 is 10.2 Å². The van der Waals surface area contributed by atoms with Crippen LogP contribution in [0.25, 0.3) is 0 Å². The molecular formula is C7H11F3O2S. The second kappa shape index (κ2) is 3.03. The number of halogens is 3. The second-order valence-electron chi connectivity index (χ2n) is 3.41. The fourth-order valence-corrected chi connectivity index (χ4v) is 1.75. The first-order chi connectivity index (χ1) is 5.71. The minimum atomic E-state index is -4.74. The molecule has 1 rings (SSSR count). The molecule has 2 N–H and O–H groups in total. The van der Waals surface area contributed by atoms with Crippen molar-refractivity contribution in [2.24, 2.45) is 5.92 Å². The normalized spacial score (nSPS) is 35.3. The van der Waals surface area contributed by atoms with E-state index in [1.807, 2.05) is 0 Å². The number of thiol groups is 1. The van der Waals surface area contributed by atoms with Gasteiger partial charge in [0, 0.05) is 11.2 Å². The molecule has 2 nitrogen and oxygen atoms in total. The summed E-state index contributed by atoms with van der Waals surface area (Å²) in [7, 11) is 0. The quantitative estimate of drug-likeness (QED) is 0.602. The average Bonchev–Trinajstić information content (AvgIpc) is 2.62. The van der Waals surface area contributed by atoms with E-state index >= 15 is 0 Å². The summed E-state index contributed by atoms with van der Waals surface area (Å²) in [5.41, 5.74) is -2.87. The molecule has 1 fully saturated rings. The molecule has 0 saturated heterocycles. The van der Waals surface area contributed by atoms with Gasteiger partial charge in [-0.3, -0.25) is 0 Å². The van der Waals surface area contributed by atoms with Gasteiger partial charge in [0.05, 0.1) is 6.10 Å². The summed E-state index contributed by atoms with van der Waals surface area (Å²) >= 11 is 3.61. The van der Waals surface area contributed by atoms with Crippen LogP contribution in [-0.2, 0) is 0 Å². The number of rotatable bonds is 2. The fraction of sp³-hybridized carbons (Fsp3) is 1.00. The maximum absolute atomic E-state index is 12.4. The van der Waals surface area contributed by atoms with Crippen LogP contribution in [0.2, 0.25) is 0 Å². The Labute approximate surface area is 79.2 Å².